The number of carbonyl (C=O) groups excluding carboxylic acids is 1. The van der Waals surface area contributed by atoms with E-state index >= 15 is 0 Å². The van der Waals surface area contributed by atoms with E-state index in [0.29, 0.717) is 13.0 Å². The molecule has 0 aliphatic carbocycles. The zero-order valence-electron chi connectivity index (χ0n) is 11.0. The van der Waals surface area contributed by atoms with Crippen LogP contribution >= 0.6 is 0 Å². The number of urea groups is 1. The molecule has 1 saturated heterocycles. The summed E-state index contributed by atoms with van der Waals surface area (Å²) in [5, 5.41) is 20.8. The number of carboxylic acids is 1. The second-order valence-electron chi connectivity index (χ2n) is 4.97. The summed E-state index contributed by atoms with van der Waals surface area (Å²) in [6.45, 7) is 2.30. The number of hydrogen-bond donors (Lipinski definition) is 3. The molecule has 1 heterocycles. The van der Waals surface area contributed by atoms with E-state index in [1.807, 2.05) is 19.0 Å². The second kappa shape index (κ2) is 6.01. The van der Waals surface area contributed by atoms with Gasteiger partial charge in [-0.05, 0) is 27.4 Å². The number of aliphatic hydroxyl groups excluding tert-OH is 1. The van der Waals surface area contributed by atoms with Crippen molar-refractivity contribution in [3.05, 3.63) is 0 Å². The minimum absolute atomic E-state index is 0.0870. The van der Waals surface area contributed by atoms with Gasteiger partial charge in [0.05, 0.1) is 6.10 Å². The van der Waals surface area contributed by atoms with Crippen molar-refractivity contribution < 1.29 is 19.8 Å². The Balaban J connectivity index is 2.61. The molecule has 0 aromatic rings. The molecule has 18 heavy (non-hydrogen) atoms. The highest BCUT2D eigenvalue weighted by Crippen LogP contribution is 2.18. The number of carbonyl (C=O) groups is 2. The molecule has 1 fully saturated rings. The molecule has 7 nitrogen and oxygen atoms in total. The number of nitrogens with zero attached hydrogens (tertiary/aromatic N) is 2. The molecule has 0 saturated carbocycles. The molecule has 7 heteroatoms. The number of rotatable bonds is 4. The molecule has 0 bridgehead atoms. The first-order valence-corrected chi connectivity index (χ1v) is 5.94. The Morgan fingerprint density at radius 1 is 1.50 bits per heavy atom. The number of amides is 2. The predicted octanol–water partition coefficient (Wildman–Crippen LogP) is -0.834. The van der Waals surface area contributed by atoms with Gasteiger partial charge in [-0.1, -0.05) is 0 Å². The Morgan fingerprint density at radius 2 is 2.11 bits per heavy atom. The number of hydrogen-bond acceptors (Lipinski definition) is 4. The van der Waals surface area contributed by atoms with Gasteiger partial charge in [-0.15, -0.1) is 0 Å². The summed E-state index contributed by atoms with van der Waals surface area (Å²) < 4.78 is 0. The summed E-state index contributed by atoms with van der Waals surface area (Å²) in [5.41, 5.74) is 0. The summed E-state index contributed by atoms with van der Waals surface area (Å²) in [5.74, 6) is -1.08. The molecule has 3 atom stereocenters. The van der Waals surface area contributed by atoms with Crippen LogP contribution in [0.4, 0.5) is 4.79 Å². The zero-order chi connectivity index (χ0) is 13.9. The first-order valence-electron chi connectivity index (χ1n) is 5.94. The standard InChI is InChI=1S/C11H21N3O4/c1-7(10(16)17)12-11(18)14-6-9(15)4-8(14)5-13(2)3/h7-9,15H,4-6H2,1-3H3,(H,12,18)(H,16,17)/t7-,8?,9?/m0/s1. The van der Waals surface area contributed by atoms with Crippen molar-refractivity contribution in [3.8, 4) is 0 Å². The second-order valence-corrected chi connectivity index (χ2v) is 4.97. The first-order chi connectivity index (χ1) is 8.31. The smallest absolute Gasteiger partial charge is 0.325 e. The molecule has 0 spiro atoms. The van der Waals surface area contributed by atoms with Crippen LogP contribution in [0.15, 0.2) is 0 Å². The molecule has 2 unspecified atom stereocenters. The van der Waals surface area contributed by atoms with Crippen molar-refractivity contribution in [3.63, 3.8) is 0 Å². The van der Waals surface area contributed by atoms with Crippen molar-refractivity contribution in [2.75, 3.05) is 27.2 Å². The lowest BCUT2D eigenvalue weighted by Gasteiger charge is -2.27. The van der Waals surface area contributed by atoms with Crippen LogP contribution < -0.4 is 5.32 Å². The van der Waals surface area contributed by atoms with Gasteiger partial charge in [0.25, 0.3) is 0 Å². The number of likely N-dealkylation sites (tertiary alicyclic amines) is 1. The topological polar surface area (TPSA) is 93.1 Å². The Labute approximate surface area is 106 Å². The third kappa shape index (κ3) is 3.85. The number of nitrogens with one attached hydrogen (secondary N) is 1. The quantitative estimate of drug-likeness (QED) is 0.612. The van der Waals surface area contributed by atoms with Crippen LogP contribution in [-0.2, 0) is 4.79 Å². The average molecular weight is 259 g/mol. The highest BCUT2D eigenvalue weighted by molar-refractivity contribution is 5.82. The van der Waals surface area contributed by atoms with Crippen LogP contribution in [0.5, 0.6) is 0 Å². The van der Waals surface area contributed by atoms with Gasteiger partial charge in [-0.2, -0.15) is 0 Å². The maximum Gasteiger partial charge on any atom is 0.325 e. The molecular formula is C11H21N3O4. The molecule has 1 aliphatic heterocycles. The number of likely N-dealkylation sites (N-methyl/N-ethyl adjacent to an activating group) is 1. The molecule has 104 valence electrons. The van der Waals surface area contributed by atoms with Crippen LogP contribution in [0, 0.1) is 0 Å². The van der Waals surface area contributed by atoms with Crippen LogP contribution in [0.3, 0.4) is 0 Å². The summed E-state index contributed by atoms with van der Waals surface area (Å²) in [6, 6.07) is -1.46. The van der Waals surface area contributed by atoms with E-state index in [1.54, 1.807) is 0 Å². The lowest BCUT2D eigenvalue weighted by Crippen LogP contribution is -2.50. The minimum Gasteiger partial charge on any atom is -0.480 e. The van der Waals surface area contributed by atoms with Gasteiger partial charge in [-0.3, -0.25) is 4.79 Å². The number of aliphatic carboxylic acids is 1. The van der Waals surface area contributed by atoms with Gasteiger partial charge in [0.1, 0.15) is 6.04 Å². The number of carboxylic acid groups (broad SMARTS) is 1. The van der Waals surface area contributed by atoms with Gasteiger partial charge in [0.2, 0.25) is 0 Å². The molecule has 3 N–H and O–H groups in total. The fourth-order valence-corrected chi connectivity index (χ4v) is 2.07. The van der Waals surface area contributed by atoms with E-state index in [9.17, 15) is 14.7 Å². The molecule has 2 amide bonds. The van der Waals surface area contributed by atoms with Crippen LogP contribution in [-0.4, -0.2) is 77.4 Å². The summed E-state index contributed by atoms with van der Waals surface area (Å²) in [6.07, 6.45) is -0.0200. The van der Waals surface area contributed by atoms with E-state index in [4.69, 9.17) is 5.11 Å². The molecular weight excluding hydrogens is 238 g/mol. The minimum atomic E-state index is -1.08. The normalized spacial score (nSPS) is 25.3. The summed E-state index contributed by atoms with van der Waals surface area (Å²) >= 11 is 0. The average Bonchev–Trinajstić information content (AvgIpc) is 2.58. The van der Waals surface area contributed by atoms with Crippen LogP contribution in [0.25, 0.3) is 0 Å². The van der Waals surface area contributed by atoms with Gasteiger partial charge < -0.3 is 25.3 Å². The Morgan fingerprint density at radius 3 is 2.61 bits per heavy atom. The maximum atomic E-state index is 11.9. The summed E-state index contributed by atoms with van der Waals surface area (Å²) in [7, 11) is 3.78. The first kappa shape index (κ1) is 14.7. The van der Waals surface area contributed by atoms with Gasteiger partial charge in [0, 0.05) is 19.1 Å². The van der Waals surface area contributed by atoms with E-state index in [2.05, 4.69) is 5.32 Å². The van der Waals surface area contributed by atoms with Gasteiger partial charge in [0.15, 0.2) is 0 Å². The molecule has 1 rings (SSSR count). The van der Waals surface area contributed by atoms with E-state index in [0.717, 1.165) is 0 Å². The monoisotopic (exact) mass is 259 g/mol. The number of aliphatic hydroxyl groups is 1. The fourth-order valence-electron chi connectivity index (χ4n) is 2.07. The van der Waals surface area contributed by atoms with E-state index < -0.39 is 24.1 Å². The fraction of sp³-hybridized carbons (Fsp3) is 0.818. The van der Waals surface area contributed by atoms with Crippen LogP contribution in [0.2, 0.25) is 0 Å². The van der Waals surface area contributed by atoms with Crippen molar-refractivity contribution >= 4 is 12.0 Å². The Bertz CT molecular complexity index is 321. The highest BCUT2D eigenvalue weighted by atomic mass is 16.4. The Kier molecular flexibility index (Phi) is 4.92. The third-order valence-corrected chi connectivity index (χ3v) is 2.94. The van der Waals surface area contributed by atoms with Gasteiger partial charge >= 0.3 is 12.0 Å². The molecule has 0 radical (unpaired) electrons. The van der Waals surface area contributed by atoms with E-state index in [-0.39, 0.29) is 12.6 Å². The predicted molar refractivity (Wildman–Crippen MR) is 65.3 cm³/mol. The van der Waals surface area contributed by atoms with Crippen molar-refractivity contribution in [2.24, 2.45) is 0 Å². The van der Waals surface area contributed by atoms with Crippen molar-refractivity contribution in [1.29, 1.82) is 0 Å². The largest absolute Gasteiger partial charge is 0.480 e. The summed E-state index contributed by atoms with van der Waals surface area (Å²) in [4.78, 5) is 26.0. The SMILES string of the molecule is C[C@H](NC(=O)N1CC(O)CC1CN(C)C)C(=O)O. The maximum absolute atomic E-state index is 11.9. The molecule has 0 aromatic carbocycles. The van der Waals surface area contributed by atoms with Crippen LogP contribution in [0.1, 0.15) is 13.3 Å². The Hall–Kier alpha value is -1.34. The highest BCUT2D eigenvalue weighted by Gasteiger charge is 2.35. The molecule has 0 aromatic heterocycles. The van der Waals surface area contributed by atoms with E-state index in [1.165, 1.54) is 11.8 Å². The van der Waals surface area contributed by atoms with Gasteiger partial charge in [-0.25, -0.2) is 4.79 Å². The van der Waals surface area contributed by atoms with Crippen molar-refractivity contribution in [1.82, 2.24) is 15.1 Å². The zero-order valence-corrected chi connectivity index (χ0v) is 11.0. The number of β-amino-alcohol motifs (C(OH)–C–C–N with tert-alkyl or cyclic N) is 1. The third-order valence-electron chi connectivity index (χ3n) is 2.94. The lowest BCUT2D eigenvalue weighted by atomic mass is 10.2. The van der Waals surface area contributed by atoms with Crippen molar-refractivity contribution in [2.45, 2.75) is 31.5 Å². The molecule has 1 aliphatic rings. The lowest BCUT2D eigenvalue weighted by molar-refractivity contribution is -0.138.